The molecule has 3 nitrogen and oxygen atoms in total. The van der Waals surface area contributed by atoms with E-state index in [0.717, 1.165) is 25.8 Å². The summed E-state index contributed by atoms with van der Waals surface area (Å²) in [5.74, 6) is 0. The minimum atomic E-state index is 0.502. The van der Waals surface area contributed by atoms with E-state index in [-0.39, 0.29) is 0 Å². The summed E-state index contributed by atoms with van der Waals surface area (Å²) in [5, 5.41) is 4.42. The molecule has 1 aromatic rings. The first-order chi connectivity index (χ1) is 6.70. The Morgan fingerprint density at radius 3 is 2.86 bits per heavy atom. The van der Waals surface area contributed by atoms with Crippen LogP contribution in [0.4, 0.5) is 0 Å². The van der Waals surface area contributed by atoms with Gasteiger partial charge in [-0.2, -0.15) is 5.10 Å². The predicted molar refractivity (Wildman–Crippen MR) is 59.3 cm³/mol. The van der Waals surface area contributed by atoms with Crippen LogP contribution >= 0.6 is 0 Å². The summed E-state index contributed by atoms with van der Waals surface area (Å²) in [6.07, 6.45) is 5.21. The molecule has 0 aliphatic rings. The van der Waals surface area contributed by atoms with Crippen LogP contribution in [0.5, 0.6) is 0 Å². The molecule has 1 heterocycles. The lowest BCUT2D eigenvalue weighted by Crippen LogP contribution is -2.08. The van der Waals surface area contributed by atoms with Gasteiger partial charge in [0.15, 0.2) is 0 Å². The monoisotopic (exact) mass is 195 g/mol. The van der Waals surface area contributed by atoms with Crippen molar-refractivity contribution in [1.29, 1.82) is 0 Å². The van der Waals surface area contributed by atoms with Gasteiger partial charge in [-0.1, -0.05) is 6.92 Å². The van der Waals surface area contributed by atoms with E-state index in [1.165, 1.54) is 11.3 Å². The Morgan fingerprint density at radius 2 is 2.29 bits per heavy atom. The molecule has 0 saturated heterocycles. The fourth-order valence-electron chi connectivity index (χ4n) is 1.61. The van der Waals surface area contributed by atoms with Crippen LogP contribution in [0.1, 0.15) is 44.0 Å². The Hall–Kier alpha value is -0.830. The quantitative estimate of drug-likeness (QED) is 0.781. The van der Waals surface area contributed by atoms with Crippen LogP contribution in [0.15, 0.2) is 6.20 Å². The van der Waals surface area contributed by atoms with Gasteiger partial charge in [0, 0.05) is 11.7 Å². The molecule has 80 valence electrons. The van der Waals surface area contributed by atoms with Crippen LogP contribution in [0.3, 0.4) is 0 Å². The molecule has 0 saturated carbocycles. The second kappa shape index (κ2) is 5.15. The summed E-state index contributed by atoms with van der Waals surface area (Å²) >= 11 is 0. The van der Waals surface area contributed by atoms with E-state index in [2.05, 4.69) is 30.6 Å². The molecule has 2 N–H and O–H groups in total. The fourth-order valence-corrected chi connectivity index (χ4v) is 1.61. The Kier molecular flexibility index (Phi) is 4.14. The van der Waals surface area contributed by atoms with Crippen molar-refractivity contribution in [1.82, 2.24) is 9.78 Å². The third-order valence-corrected chi connectivity index (χ3v) is 2.80. The van der Waals surface area contributed by atoms with Crippen LogP contribution in [-0.2, 0) is 6.42 Å². The average Bonchev–Trinajstić information content (AvgIpc) is 2.56. The van der Waals surface area contributed by atoms with Gasteiger partial charge < -0.3 is 5.73 Å². The van der Waals surface area contributed by atoms with Crippen molar-refractivity contribution >= 4 is 0 Å². The van der Waals surface area contributed by atoms with Crippen LogP contribution in [0.25, 0.3) is 0 Å². The van der Waals surface area contributed by atoms with Crippen molar-refractivity contribution in [3.05, 3.63) is 17.5 Å². The standard InChI is InChI=1S/C11H21N3/c1-4-9(2)14-10(3)11(8-13-14)6-5-7-12/h8-9H,4-7,12H2,1-3H3. The highest BCUT2D eigenvalue weighted by Gasteiger charge is 2.09. The first-order valence-corrected chi connectivity index (χ1v) is 5.43. The number of hydrogen-bond donors (Lipinski definition) is 1. The van der Waals surface area contributed by atoms with Crippen LogP contribution in [0.2, 0.25) is 0 Å². The van der Waals surface area contributed by atoms with Gasteiger partial charge in [0.2, 0.25) is 0 Å². The van der Waals surface area contributed by atoms with E-state index in [1.807, 2.05) is 6.20 Å². The molecule has 3 heteroatoms. The fraction of sp³-hybridized carbons (Fsp3) is 0.727. The van der Waals surface area contributed by atoms with Crippen molar-refractivity contribution < 1.29 is 0 Å². The Labute approximate surface area is 86.3 Å². The molecule has 0 radical (unpaired) electrons. The van der Waals surface area contributed by atoms with Crippen molar-refractivity contribution in [3.63, 3.8) is 0 Å². The van der Waals surface area contributed by atoms with Crippen molar-refractivity contribution in [2.75, 3.05) is 6.54 Å². The van der Waals surface area contributed by atoms with Crippen molar-refractivity contribution in [2.45, 2.75) is 46.1 Å². The van der Waals surface area contributed by atoms with E-state index in [4.69, 9.17) is 5.73 Å². The maximum atomic E-state index is 5.49. The third kappa shape index (κ3) is 2.35. The SMILES string of the molecule is CCC(C)n1ncc(CCCN)c1C. The number of aryl methyl sites for hydroxylation is 1. The van der Waals surface area contributed by atoms with E-state index in [1.54, 1.807) is 0 Å². The Bertz CT molecular complexity index is 278. The second-order valence-electron chi connectivity index (χ2n) is 3.85. The van der Waals surface area contributed by atoms with Gasteiger partial charge >= 0.3 is 0 Å². The van der Waals surface area contributed by atoms with Gasteiger partial charge in [-0.3, -0.25) is 4.68 Å². The molecule has 1 unspecified atom stereocenters. The van der Waals surface area contributed by atoms with Crippen LogP contribution in [-0.4, -0.2) is 16.3 Å². The molecule has 0 aromatic carbocycles. The lowest BCUT2D eigenvalue weighted by atomic mass is 10.1. The summed E-state index contributed by atoms with van der Waals surface area (Å²) in [4.78, 5) is 0. The van der Waals surface area contributed by atoms with Gasteiger partial charge in [-0.25, -0.2) is 0 Å². The molecule has 14 heavy (non-hydrogen) atoms. The zero-order valence-electron chi connectivity index (χ0n) is 9.45. The normalized spacial score (nSPS) is 13.1. The highest BCUT2D eigenvalue weighted by atomic mass is 15.3. The van der Waals surface area contributed by atoms with E-state index in [9.17, 15) is 0 Å². The minimum absolute atomic E-state index is 0.502. The smallest absolute Gasteiger partial charge is 0.0524 e. The summed E-state index contributed by atoms with van der Waals surface area (Å²) in [7, 11) is 0. The zero-order chi connectivity index (χ0) is 10.6. The molecular formula is C11H21N3. The molecule has 0 fully saturated rings. The molecule has 1 rings (SSSR count). The van der Waals surface area contributed by atoms with Gasteiger partial charge in [-0.15, -0.1) is 0 Å². The lowest BCUT2D eigenvalue weighted by Gasteiger charge is -2.11. The average molecular weight is 195 g/mol. The second-order valence-corrected chi connectivity index (χ2v) is 3.85. The molecule has 1 aromatic heterocycles. The first-order valence-electron chi connectivity index (χ1n) is 5.43. The van der Waals surface area contributed by atoms with Crippen LogP contribution < -0.4 is 5.73 Å². The maximum Gasteiger partial charge on any atom is 0.0524 e. The molecule has 1 atom stereocenters. The number of nitrogens with two attached hydrogens (primary N) is 1. The molecule has 0 aliphatic heterocycles. The molecule has 0 aliphatic carbocycles. The lowest BCUT2D eigenvalue weighted by molar-refractivity contribution is 0.467. The predicted octanol–water partition coefficient (Wildman–Crippen LogP) is 2.05. The summed E-state index contributed by atoms with van der Waals surface area (Å²) in [6, 6.07) is 0.502. The number of aromatic nitrogens is 2. The van der Waals surface area contributed by atoms with E-state index in [0.29, 0.717) is 6.04 Å². The van der Waals surface area contributed by atoms with Crippen LogP contribution in [0, 0.1) is 6.92 Å². The van der Waals surface area contributed by atoms with Gasteiger partial charge in [0.25, 0.3) is 0 Å². The molecular weight excluding hydrogens is 174 g/mol. The Morgan fingerprint density at radius 1 is 1.57 bits per heavy atom. The topological polar surface area (TPSA) is 43.8 Å². The van der Waals surface area contributed by atoms with Gasteiger partial charge in [0.05, 0.1) is 6.20 Å². The zero-order valence-corrected chi connectivity index (χ0v) is 9.45. The van der Waals surface area contributed by atoms with E-state index >= 15 is 0 Å². The largest absolute Gasteiger partial charge is 0.330 e. The molecule has 0 spiro atoms. The highest BCUT2D eigenvalue weighted by Crippen LogP contribution is 2.16. The van der Waals surface area contributed by atoms with Gasteiger partial charge in [-0.05, 0) is 45.2 Å². The number of nitrogens with zero attached hydrogens (tertiary/aromatic N) is 2. The minimum Gasteiger partial charge on any atom is -0.330 e. The van der Waals surface area contributed by atoms with E-state index < -0.39 is 0 Å². The summed E-state index contributed by atoms with van der Waals surface area (Å²) in [5.41, 5.74) is 8.13. The van der Waals surface area contributed by atoms with Gasteiger partial charge in [0.1, 0.15) is 0 Å². The Balaban J connectivity index is 2.74. The molecule has 0 bridgehead atoms. The first kappa shape index (κ1) is 11.2. The summed E-state index contributed by atoms with van der Waals surface area (Å²) < 4.78 is 2.12. The van der Waals surface area contributed by atoms with Crippen molar-refractivity contribution in [3.8, 4) is 0 Å². The highest BCUT2D eigenvalue weighted by molar-refractivity contribution is 5.16. The third-order valence-electron chi connectivity index (χ3n) is 2.80. The van der Waals surface area contributed by atoms with Crippen molar-refractivity contribution in [2.24, 2.45) is 5.73 Å². The number of rotatable bonds is 5. The summed E-state index contributed by atoms with van der Waals surface area (Å²) in [6.45, 7) is 7.29. The maximum absolute atomic E-state index is 5.49. The number of hydrogen-bond acceptors (Lipinski definition) is 2. The molecule has 0 amide bonds.